The predicted molar refractivity (Wildman–Crippen MR) is 106 cm³/mol. The normalized spacial score (nSPS) is 10.4. The van der Waals surface area contributed by atoms with Crippen molar-refractivity contribution in [2.45, 2.75) is 26.8 Å². The maximum atomic E-state index is 12.2. The van der Waals surface area contributed by atoms with Gasteiger partial charge in [0, 0.05) is 12.2 Å². The van der Waals surface area contributed by atoms with E-state index in [2.05, 4.69) is 40.7 Å². The van der Waals surface area contributed by atoms with Gasteiger partial charge in [0.05, 0.1) is 11.9 Å². The molecule has 0 radical (unpaired) electrons. The number of anilines is 2. The number of aryl methyl sites for hydroxylation is 2. The highest BCUT2D eigenvalue weighted by atomic mass is 16.1. The van der Waals surface area contributed by atoms with Gasteiger partial charge in [-0.15, -0.1) is 0 Å². The van der Waals surface area contributed by atoms with E-state index in [-0.39, 0.29) is 5.91 Å². The first-order chi connectivity index (χ1) is 12.6. The summed E-state index contributed by atoms with van der Waals surface area (Å²) in [5.74, 6) is -0.176. The zero-order valence-electron chi connectivity index (χ0n) is 15.1. The van der Waals surface area contributed by atoms with Gasteiger partial charge in [-0.1, -0.05) is 48.9 Å². The van der Waals surface area contributed by atoms with Crippen molar-refractivity contribution in [2.75, 3.05) is 5.32 Å². The highest BCUT2D eigenvalue weighted by molar-refractivity contribution is 5.92. The van der Waals surface area contributed by atoms with E-state index >= 15 is 0 Å². The smallest absolute Gasteiger partial charge is 0.270 e. The standard InChI is InChI=1S/C22H23N3O/c1-3-17-7-9-19(10-8-17)25-20-11-12-21(23-15-20)22(26)24-14-18-6-4-5-16(2)13-18/h4-13,15,25H,3,14H2,1-2H3,(H,24,26). The lowest BCUT2D eigenvalue weighted by atomic mass is 10.1. The summed E-state index contributed by atoms with van der Waals surface area (Å²) in [6.07, 6.45) is 2.70. The molecule has 0 spiro atoms. The first-order valence-corrected chi connectivity index (χ1v) is 8.80. The Morgan fingerprint density at radius 3 is 2.38 bits per heavy atom. The van der Waals surface area contributed by atoms with E-state index in [1.54, 1.807) is 12.3 Å². The van der Waals surface area contributed by atoms with Crippen molar-refractivity contribution < 1.29 is 4.79 Å². The number of rotatable bonds is 6. The number of pyridine rings is 1. The molecule has 1 aromatic heterocycles. The zero-order valence-corrected chi connectivity index (χ0v) is 15.1. The van der Waals surface area contributed by atoms with Gasteiger partial charge in [0.25, 0.3) is 5.91 Å². The maximum Gasteiger partial charge on any atom is 0.270 e. The minimum atomic E-state index is -0.176. The van der Waals surface area contributed by atoms with E-state index in [0.29, 0.717) is 12.2 Å². The van der Waals surface area contributed by atoms with Crippen molar-refractivity contribution in [3.8, 4) is 0 Å². The molecule has 2 aromatic carbocycles. The van der Waals surface area contributed by atoms with Crippen LogP contribution in [0.15, 0.2) is 66.9 Å². The van der Waals surface area contributed by atoms with Crippen molar-refractivity contribution in [1.29, 1.82) is 0 Å². The van der Waals surface area contributed by atoms with Crippen LogP contribution < -0.4 is 10.6 Å². The highest BCUT2D eigenvalue weighted by Crippen LogP contribution is 2.17. The van der Waals surface area contributed by atoms with Crippen LogP contribution in [0.3, 0.4) is 0 Å². The Morgan fingerprint density at radius 2 is 1.73 bits per heavy atom. The summed E-state index contributed by atoms with van der Waals surface area (Å²) in [6, 6.07) is 20.0. The molecule has 4 heteroatoms. The van der Waals surface area contributed by atoms with Crippen LogP contribution in [-0.4, -0.2) is 10.9 Å². The number of hydrogen-bond acceptors (Lipinski definition) is 3. The van der Waals surface area contributed by atoms with Crippen LogP contribution in [0, 0.1) is 6.92 Å². The molecule has 0 aliphatic carbocycles. The first kappa shape index (κ1) is 17.7. The third-order valence-electron chi connectivity index (χ3n) is 4.18. The molecule has 0 saturated carbocycles. The van der Waals surface area contributed by atoms with Crippen molar-refractivity contribution >= 4 is 17.3 Å². The van der Waals surface area contributed by atoms with Gasteiger partial charge < -0.3 is 10.6 Å². The lowest BCUT2D eigenvalue weighted by molar-refractivity contribution is 0.0946. The van der Waals surface area contributed by atoms with Crippen LogP contribution in [0.4, 0.5) is 11.4 Å². The Labute approximate surface area is 154 Å². The molecule has 0 bridgehead atoms. The number of carbonyl (C=O) groups is 1. The van der Waals surface area contributed by atoms with Gasteiger partial charge in [-0.3, -0.25) is 4.79 Å². The molecular formula is C22H23N3O. The quantitative estimate of drug-likeness (QED) is 0.685. The summed E-state index contributed by atoms with van der Waals surface area (Å²) in [5.41, 5.74) is 5.81. The summed E-state index contributed by atoms with van der Waals surface area (Å²) in [4.78, 5) is 16.5. The summed E-state index contributed by atoms with van der Waals surface area (Å²) in [7, 11) is 0. The molecular weight excluding hydrogens is 322 g/mol. The van der Waals surface area contributed by atoms with Gasteiger partial charge in [0.2, 0.25) is 0 Å². The van der Waals surface area contributed by atoms with Crippen LogP contribution in [0.2, 0.25) is 0 Å². The minimum absolute atomic E-state index is 0.176. The number of nitrogens with one attached hydrogen (secondary N) is 2. The van der Waals surface area contributed by atoms with Crippen LogP contribution >= 0.6 is 0 Å². The lowest BCUT2D eigenvalue weighted by Crippen LogP contribution is -2.23. The summed E-state index contributed by atoms with van der Waals surface area (Å²) in [5, 5.41) is 6.19. The molecule has 0 unspecified atom stereocenters. The third-order valence-corrected chi connectivity index (χ3v) is 4.18. The van der Waals surface area contributed by atoms with Gasteiger partial charge in [0.1, 0.15) is 5.69 Å². The Bertz CT molecular complexity index is 871. The highest BCUT2D eigenvalue weighted by Gasteiger charge is 2.07. The van der Waals surface area contributed by atoms with E-state index in [1.165, 1.54) is 11.1 Å². The second kappa shape index (κ2) is 8.30. The fourth-order valence-electron chi connectivity index (χ4n) is 2.69. The van der Waals surface area contributed by atoms with Crippen LogP contribution in [0.25, 0.3) is 0 Å². The van der Waals surface area contributed by atoms with Crippen LogP contribution in [0.5, 0.6) is 0 Å². The fourth-order valence-corrected chi connectivity index (χ4v) is 2.69. The van der Waals surface area contributed by atoms with Crippen molar-refractivity contribution in [3.05, 3.63) is 89.2 Å². The Balaban J connectivity index is 1.58. The van der Waals surface area contributed by atoms with Gasteiger partial charge >= 0.3 is 0 Å². The number of carbonyl (C=O) groups excluding carboxylic acids is 1. The van der Waals surface area contributed by atoms with E-state index < -0.39 is 0 Å². The molecule has 3 rings (SSSR count). The fraction of sp³-hybridized carbons (Fsp3) is 0.182. The van der Waals surface area contributed by atoms with Gasteiger partial charge in [-0.2, -0.15) is 0 Å². The van der Waals surface area contributed by atoms with E-state index in [0.717, 1.165) is 23.4 Å². The van der Waals surface area contributed by atoms with E-state index in [1.807, 2.05) is 43.3 Å². The predicted octanol–water partition coefficient (Wildman–Crippen LogP) is 4.63. The van der Waals surface area contributed by atoms with E-state index in [9.17, 15) is 4.79 Å². The van der Waals surface area contributed by atoms with E-state index in [4.69, 9.17) is 0 Å². The molecule has 2 N–H and O–H groups in total. The average Bonchev–Trinajstić information content (AvgIpc) is 2.67. The third kappa shape index (κ3) is 4.70. The molecule has 132 valence electrons. The number of amides is 1. The minimum Gasteiger partial charge on any atom is -0.354 e. The SMILES string of the molecule is CCc1ccc(Nc2ccc(C(=O)NCc3cccc(C)c3)nc2)cc1. The second-order valence-corrected chi connectivity index (χ2v) is 6.28. The topological polar surface area (TPSA) is 54.0 Å². The van der Waals surface area contributed by atoms with Crippen LogP contribution in [-0.2, 0) is 13.0 Å². The largest absolute Gasteiger partial charge is 0.354 e. The number of benzene rings is 2. The molecule has 1 heterocycles. The average molecular weight is 345 g/mol. The number of hydrogen-bond donors (Lipinski definition) is 2. The van der Waals surface area contributed by atoms with Gasteiger partial charge in [0.15, 0.2) is 0 Å². The molecule has 0 fully saturated rings. The van der Waals surface area contributed by atoms with Gasteiger partial charge in [-0.05, 0) is 48.7 Å². The molecule has 0 aliphatic heterocycles. The summed E-state index contributed by atoms with van der Waals surface area (Å²) < 4.78 is 0. The molecule has 3 aromatic rings. The number of aromatic nitrogens is 1. The van der Waals surface area contributed by atoms with Crippen molar-refractivity contribution in [2.24, 2.45) is 0 Å². The van der Waals surface area contributed by atoms with Crippen LogP contribution in [0.1, 0.15) is 34.1 Å². The number of nitrogens with zero attached hydrogens (tertiary/aromatic N) is 1. The van der Waals surface area contributed by atoms with Crippen molar-refractivity contribution in [3.63, 3.8) is 0 Å². The molecule has 0 aliphatic rings. The monoisotopic (exact) mass is 345 g/mol. The lowest BCUT2D eigenvalue weighted by Gasteiger charge is -2.08. The molecule has 1 amide bonds. The second-order valence-electron chi connectivity index (χ2n) is 6.28. The molecule has 0 saturated heterocycles. The van der Waals surface area contributed by atoms with Crippen molar-refractivity contribution in [1.82, 2.24) is 10.3 Å². The first-order valence-electron chi connectivity index (χ1n) is 8.80. The molecule has 4 nitrogen and oxygen atoms in total. The Hall–Kier alpha value is -3.14. The Kier molecular flexibility index (Phi) is 5.64. The maximum absolute atomic E-state index is 12.2. The zero-order chi connectivity index (χ0) is 18.4. The molecule has 0 atom stereocenters. The summed E-state index contributed by atoms with van der Waals surface area (Å²) >= 11 is 0. The Morgan fingerprint density at radius 1 is 0.962 bits per heavy atom. The van der Waals surface area contributed by atoms with Gasteiger partial charge in [-0.25, -0.2) is 4.98 Å². The molecule has 26 heavy (non-hydrogen) atoms. The summed E-state index contributed by atoms with van der Waals surface area (Å²) in [6.45, 7) is 4.66.